The predicted molar refractivity (Wildman–Crippen MR) is 80.3 cm³/mol. The summed E-state index contributed by atoms with van der Waals surface area (Å²) in [6, 6.07) is 9.23. The summed E-state index contributed by atoms with van der Waals surface area (Å²) in [4.78, 5) is 19.9. The number of nitrogens with one attached hydrogen (secondary N) is 1. The zero-order valence-electron chi connectivity index (χ0n) is 11.7. The van der Waals surface area contributed by atoms with Gasteiger partial charge < -0.3 is 10.2 Å². The van der Waals surface area contributed by atoms with Crippen molar-refractivity contribution in [2.45, 2.75) is 19.4 Å². The molecule has 0 aromatic carbocycles. The van der Waals surface area contributed by atoms with Crippen LogP contribution in [0.15, 0.2) is 60.2 Å². The van der Waals surface area contributed by atoms with Crippen LogP contribution >= 0.6 is 0 Å². The van der Waals surface area contributed by atoms with Gasteiger partial charge in [-0.15, -0.1) is 0 Å². The van der Waals surface area contributed by atoms with Crippen molar-refractivity contribution in [3.63, 3.8) is 0 Å². The fourth-order valence-corrected chi connectivity index (χ4v) is 2.50. The first-order valence-electron chi connectivity index (χ1n) is 6.80. The Morgan fingerprint density at radius 2 is 2.05 bits per heavy atom. The molecule has 2 aromatic rings. The van der Waals surface area contributed by atoms with Crippen LogP contribution in [0.25, 0.3) is 0 Å². The van der Waals surface area contributed by atoms with Crippen LogP contribution in [0.2, 0.25) is 0 Å². The average Bonchev–Trinajstić information content (AvgIpc) is 2.85. The van der Waals surface area contributed by atoms with Crippen LogP contribution in [0, 0.1) is 0 Å². The van der Waals surface area contributed by atoms with Crippen molar-refractivity contribution in [3.05, 3.63) is 65.8 Å². The number of aromatic nitrogens is 2. The topological polar surface area (TPSA) is 58.1 Å². The normalized spacial score (nSPS) is 17.8. The molecular formula is C16H16N4O. The van der Waals surface area contributed by atoms with Crippen molar-refractivity contribution < 1.29 is 4.79 Å². The largest absolute Gasteiger partial charge is 0.301 e. The summed E-state index contributed by atoms with van der Waals surface area (Å²) in [7, 11) is 0. The molecule has 0 saturated carbocycles. The monoisotopic (exact) mass is 280 g/mol. The van der Waals surface area contributed by atoms with Crippen LogP contribution in [0.3, 0.4) is 0 Å². The zero-order valence-corrected chi connectivity index (χ0v) is 11.7. The van der Waals surface area contributed by atoms with Gasteiger partial charge in [-0.05, 0) is 48.7 Å². The van der Waals surface area contributed by atoms with Gasteiger partial charge in [-0.3, -0.25) is 9.99 Å². The minimum absolute atomic E-state index is 0.340. The van der Waals surface area contributed by atoms with E-state index in [0.717, 1.165) is 28.9 Å². The molecule has 5 nitrogen and oxygen atoms in total. The molecule has 1 atom stereocenters. The Kier molecular flexibility index (Phi) is 3.64. The summed E-state index contributed by atoms with van der Waals surface area (Å²) in [5.41, 5.74) is 6.43. The molecule has 3 rings (SSSR count). The van der Waals surface area contributed by atoms with Crippen molar-refractivity contribution in [1.29, 1.82) is 0 Å². The van der Waals surface area contributed by atoms with Gasteiger partial charge in [0.25, 0.3) is 0 Å². The molecule has 1 aliphatic rings. The van der Waals surface area contributed by atoms with E-state index in [9.17, 15) is 4.79 Å². The number of nitrogens with zero attached hydrogens (tertiary/aromatic N) is 3. The summed E-state index contributed by atoms with van der Waals surface area (Å²) in [6.45, 7) is 1.98. The Balaban J connectivity index is 1.87. The Morgan fingerprint density at radius 3 is 2.71 bits per heavy atom. The fourth-order valence-electron chi connectivity index (χ4n) is 2.50. The minimum atomic E-state index is -0.340. The van der Waals surface area contributed by atoms with E-state index < -0.39 is 0 Å². The third kappa shape index (κ3) is 2.63. The van der Waals surface area contributed by atoms with Gasteiger partial charge in [0.2, 0.25) is 0 Å². The Hall–Kier alpha value is -2.69. The zero-order chi connectivity index (χ0) is 14.7. The van der Waals surface area contributed by atoms with Crippen molar-refractivity contribution in [3.8, 4) is 0 Å². The highest BCUT2D eigenvalue weighted by Gasteiger charge is 2.31. The first-order chi connectivity index (χ1) is 10.3. The second-order valence-electron chi connectivity index (χ2n) is 4.93. The molecule has 1 aliphatic heterocycles. The van der Waals surface area contributed by atoms with Crippen LogP contribution < -0.4 is 10.4 Å². The molecule has 0 radical (unpaired) electrons. The number of rotatable bonds is 4. The molecular weight excluding hydrogens is 264 g/mol. The maximum atomic E-state index is 11.6. The van der Waals surface area contributed by atoms with Gasteiger partial charge >= 0.3 is 0 Å². The van der Waals surface area contributed by atoms with Crippen molar-refractivity contribution in [2.75, 3.05) is 5.01 Å². The van der Waals surface area contributed by atoms with Gasteiger partial charge in [-0.2, -0.15) is 0 Å². The van der Waals surface area contributed by atoms with E-state index in [-0.39, 0.29) is 6.04 Å². The maximum Gasteiger partial charge on any atom is 0.148 e. The highest BCUT2D eigenvalue weighted by molar-refractivity contribution is 5.72. The number of pyridine rings is 2. The number of carbonyl (C=O) groups excluding carboxylic acids is 1. The molecule has 0 spiro atoms. The molecule has 21 heavy (non-hydrogen) atoms. The first kappa shape index (κ1) is 13.3. The molecule has 2 aromatic heterocycles. The number of hydrogen-bond acceptors (Lipinski definition) is 5. The quantitative estimate of drug-likeness (QED) is 0.867. The third-order valence-electron chi connectivity index (χ3n) is 3.57. The number of allylic oxidation sites excluding steroid dienone is 1. The number of carbonyl (C=O) groups is 1. The first-order valence-corrected chi connectivity index (χ1v) is 6.80. The lowest BCUT2D eigenvalue weighted by Gasteiger charge is -2.23. The lowest BCUT2D eigenvalue weighted by atomic mass is 9.99. The van der Waals surface area contributed by atoms with E-state index in [4.69, 9.17) is 0 Å². The Bertz CT molecular complexity index is 654. The van der Waals surface area contributed by atoms with E-state index in [1.54, 1.807) is 23.6 Å². The second kappa shape index (κ2) is 5.75. The van der Waals surface area contributed by atoms with Crippen molar-refractivity contribution in [2.24, 2.45) is 0 Å². The summed E-state index contributed by atoms with van der Waals surface area (Å²) >= 11 is 0. The SMILES string of the molecule is CC1=C(Cc2ccncc2)C(C=O)N(c2ccccn2)N1. The van der Waals surface area contributed by atoms with Gasteiger partial charge in [0.05, 0.1) is 0 Å². The van der Waals surface area contributed by atoms with Crippen molar-refractivity contribution >= 4 is 12.1 Å². The Labute approximate surface area is 123 Å². The molecule has 0 saturated heterocycles. The molecule has 1 unspecified atom stereocenters. The van der Waals surface area contributed by atoms with Gasteiger partial charge in [0, 0.05) is 24.3 Å². The standard InChI is InChI=1S/C16H16N4O/c1-12-14(10-13-5-8-17-9-6-13)15(11-21)20(19-12)16-4-2-3-7-18-16/h2-9,11,15,19H,10H2,1H3. The van der Waals surface area contributed by atoms with Crippen LogP contribution in [-0.4, -0.2) is 22.3 Å². The maximum absolute atomic E-state index is 11.6. The smallest absolute Gasteiger partial charge is 0.148 e. The minimum Gasteiger partial charge on any atom is -0.301 e. The van der Waals surface area contributed by atoms with Crippen molar-refractivity contribution in [1.82, 2.24) is 15.4 Å². The van der Waals surface area contributed by atoms with Crippen LogP contribution in [0.1, 0.15) is 12.5 Å². The van der Waals surface area contributed by atoms with E-state index >= 15 is 0 Å². The van der Waals surface area contributed by atoms with E-state index in [0.29, 0.717) is 6.42 Å². The second-order valence-corrected chi connectivity index (χ2v) is 4.93. The lowest BCUT2D eigenvalue weighted by molar-refractivity contribution is -0.108. The van der Waals surface area contributed by atoms with E-state index in [1.165, 1.54) is 0 Å². The highest BCUT2D eigenvalue weighted by atomic mass is 16.1. The molecule has 1 N–H and O–H groups in total. The highest BCUT2D eigenvalue weighted by Crippen LogP contribution is 2.26. The molecule has 0 amide bonds. The number of hydrazine groups is 1. The molecule has 0 fully saturated rings. The van der Waals surface area contributed by atoms with E-state index in [1.807, 2.05) is 37.3 Å². The average molecular weight is 280 g/mol. The van der Waals surface area contributed by atoms with Crippen LogP contribution in [0.5, 0.6) is 0 Å². The predicted octanol–water partition coefficient (Wildman–Crippen LogP) is 1.89. The summed E-state index contributed by atoms with van der Waals surface area (Å²) in [5, 5.41) is 1.80. The lowest BCUT2D eigenvalue weighted by Crippen LogP contribution is -2.41. The summed E-state index contributed by atoms with van der Waals surface area (Å²) in [6.07, 6.45) is 6.91. The summed E-state index contributed by atoms with van der Waals surface area (Å²) in [5.74, 6) is 0.735. The third-order valence-corrected chi connectivity index (χ3v) is 3.57. The number of hydrogen-bond donors (Lipinski definition) is 1. The molecule has 106 valence electrons. The molecule has 0 aliphatic carbocycles. The van der Waals surface area contributed by atoms with Gasteiger partial charge in [0.15, 0.2) is 0 Å². The molecule has 5 heteroatoms. The van der Waals surface area contributed by atoms with Gasteiger partial charge in [-0.1, -0.05) is 6.07 Å². The van der Waals surface area contributed by atoms with E-state index in [2.05, 4.69) is 15.4 Å². The fraction of sp³-hybridized carbons (Fsp3) is 0.188. The molecule has 3 heterocycles. The number of anilines is 1. The summed E-state index contributed by atoms with van der Waals surface area (Å²) < 4.78 is 0. The number of aldehydes is 1. The van der Waals surface area contributed by atoms with Crippen LogP contribution in [-0.2, 0) is 11.2 Å². The molecule has 0 bridgehead atoms. The van der Waals surface area contributed by atoms with Gasteiger partial charge in [0.1, 0.15) is 18.1 Å². The Morgan fingerprint density at radius 1 is 1.24 bits per heavy atom. The van der Waals surface area contributed by atoms with Gasteiger partial charge in [-0.25, -0.2) is 4.98 Å². The van der Waals surface area contributed by atoms with Crippen LogP contribution in [0.4, 0.5) is 5.82 Å².